The van der Waals surface area contributed by atoms with Crippen molar-refractivity contribution < 1.29 is 0 Å². The number of benzene rings is 7. The maximum absolute atomic E-state index is 5.25. The zero-order valence-electron chi connectivity index (χ0n) is 26.6. The Kier molecular flexibility index (Phi) is 7.02. The summed E-state index contributed by atoms with van der Waals surface area (Å²) < 4.78 is 0. The Balaban J connectivity index is 1.23. The lowest BCUT2D eigenvalue weighted by molar-refractivity contribution is 0.988. The Morgan fingerprint density at radius 3 is 1.88 bits per heavy atom. The number of pyridine rings is 1. The van der Waals surface area contributed by atoms with E-state index < -0.39 is 0 Å². The van der Waals surface area contributed by atoms with Crippen LogP contribution in [0.5, 0.6) is 0 Å². The summed E-state index contributed by atoms with van der Waals surface area (Å²) in [5.41, 5.74) is 10.7. The highest BCUT2D eigenvalue weighted by Crippen LogP contribution is 2.34. The molecule has 7 aromatic carbocycles. The van der Waals surface area contributed by atoms with Crippen molar-refractivity contribution in [3.05, 3.63) is 179 Å². The summed E-state index contributed by atoms with van der Waals surface area (Å²) in [6, 6.07) is 50.2. The molecule has 226 valence electrons. The maximum Gasteiger partial charge on any atom is 0.0721 e. The van der Waals surface area contributed by atoms with Gasteiger partial charge in [-0.15, -0.1) is 0 Å². The van der Waals surface area contributed by atoms with Gasteiger partial charge in [0, 0.05) is 5.39 Å². The summed E-state index contributed by atoms with van der Waals surface area (Å²) in [6.07, 6.45) is 15.8. The molecule has 0 fully saturated rings. The van der Waals surface area contributed by atoms with Crippen LogP contribution in [0.1, 0.15) is 39.9 Å². The van der Waals surface area contributed by atoms with Crippen LogP contribution in [0.4, 0.5) is 0 Å². The van der Waals surface area contributed by atoms with Crippen LogP contribution in [0.2, 0.25) is 0 Å². The lowest BCUT2D eigenvalue weighted by Crippen LogP contribution is -1.98. The second-order valence-corrected chi connectivity index (χ2v) is 12.7. The molecule has 1 heteroatoms. The van der Waals surface area contributed by atoms with Crippen molar-refractivity contribution in [3.63, 3.8) is 0 Å². The van der Waals surface area contributed by atoms with Gasteiger partial charge in [0.15, 0.2) is 0 Å². The van der Waals surface area contributed by atoms with Crippen molar-refractivity contribution in [1.29, 1.82) is 0 Å². The smallest absolute Gasteiger partial charge is 0.0721 e. The van der Waals surface area contributed by atoms with Gasteiger partial charge in [-0.05, 0) is 108 Å². The number of rotatable bonds is 5. The molecule has 9 rings (SSSR count). The number of fused-ring (bicyclic) bond motifs is 5. The lowest BCUT2D eigenvalue weighted by atomic mass is 9.88. The highest BCUT2D eigenvalue weighted by molar-refractivity contribution is 6.09. The predicted molar refractivity (Wildman–Crippen MR) is 208 cm³/mol. The molecule has 0 unspecified atom stereocenters. The number of hydrogen-bond donors (Lipinski definition) is 0. The zero-order valence-corrected chi connectivity index (χ0v) is 26.6. The molecule has 1 nitrogen and oxygen atoms in total. The predicted octanol–water partition coefficient (Wildman–Crippen LogP) is 12.7. The van der Waals surface area contributed by atoms with E-state index in [1.807, 2.05) is 0 Å². The van der Waals surface area contributed by atoms with Gasteiger partial charge in [0.1, 0.15) is 0 Å². The SMILES string of the molecule is C1=Cc2c(cc3ccccc3c2/C=C/c2cc(/C=C/c3c4ccccc4cc4ccccc34)c3ccc(-c4ccccc4)cc3n2)CC1. The summed E-state index contributed by atoms with van der Waals surface area (Å²) in [7, 11) is 0. The zero-order chi connectivity index (χ0) is 31.9. The molecule has 0 atom stereocenters. The number of nitrogens with zero attached hydrogens (tertiary/aromatic N) is 1. The fourth-order valence-electron chi connectivity index (χ4n) is 7.36. The number of aryl methyl sites for hydroxylation is 1. The Bertz CT molecular complexity index is 2550. The molecule has 0 saturated heterocycles. The average Bonchev–Trinajstić information content (AvgIpc) is 3.15. The molecule has 8 aromatic rings. The quantitative estimate of drug-likeness (QED) is 0.176. The van der Waals surface area contributed by atoms with Gasteiger partial charge in [0.25, 0.3) is 0 Å². The minimum atomic E-state index is 0.941. The number of aromatic nitrogens is 1. The van der Waals surface area contributed by atoms with Gasteiger partial charge in [-0.25, -0.2) is 4.98 Å². The Morgan fingerprint density at radius 1 is 0.479 bits per heavy atom. The first-order chi connectivity index (χ1) is 23.8. The van der Waals surface area contributed by atoms with Gasteiger partial charge >= 0.3 is 0 Å². The second kappa shape index (κ2) is 12.0. The molecule has 0 bridgehead atoms. The van der Waals surface area contributed by atoms with E-state index in [2.05, 4.69) is 176 Å². The first-order valence-electron chi connectivity index (χ1n) is 16.8. The third-order valence-corrected chi connectivity index (χ3v) is 9.71. The Hall–Kier alpha value is -6.05. The van der Waals surface area contributed by atoms with Crippen LogP contribution in [-0.4, -0.2) is 4.98 Å². The van der Waals surface area contributed by atoms with Gasteiger partial charge in [0.2, 0.25) is 0 Å². The topological polar surface area (TPSA) is 12.9 Å². The van der Waals surface area contributed by atoms with Gasteiger partial charge in [-0.1, -0.05) is 152 Å². The molecule has 0 spiro atoms. The number of hydrogen-bond acceptors (Lipinski definition) is 1. The van der Waals surface area contributed by atoms with E-state index in [9.17, 15) is 0 Å². The van der Waals surface area contributed by atoms with E-state index in [-0.39, 0.29) is 0 Å². The van der Waals surface area contributed by atoms with Crippen molar-refractivity contribution >= 4 is 73.6 Å². The average molecular weight is 612 g/mol. The van der Waals surface area contributed by atoms with Crippen LogP contribution in [0.25, 0.3) is 84.7 Å². The van der Waals surface area contributed by atoms with Crippen molar-refractivity contribution in [2.24, 2.45) is 0 Å². The number of allylic oxidation sites excluding steroid dienone is 1. The van der Waals surface area contributed by atoms with Gasteiger partial charge in [-0.2, -0.15) is 0 Å². The monoisotopic (exact) mass is 611 g/mol. The van der Waals surface area contributed by atoms with E-state index >= 15 is 0 Å². The Labute approximate surface area is 280 Å². The van der Waals surface area contributed by atoms with Crippen molar-refractivity contribution in [2.45, 2.75) is 12.8 Å². The molecule has 0 radical (unpaired) electrons. The van der Waals surface area contributed by atoms with Crippen LogP contribution in [0.3, 0.4) is 0 Å². The highest BCUT2D eigenvalue weighted by Gasteiger charge is 2.13. The summed E-state index contributed by atoms with van der Waals surface area (Å²) >= 11 is 0. The van der Waals surface area contributed by atoms with Crippen LogP contribution in [-0.2, 0) is 6.42 Å². The molecule has 0 saturated carbocycles. The lowest BCUT2D eigenvalue weighted by Gasteiger charge is -2.16. The third kappa shape index (κ3) is 5.11. The van der Waals surface area contributed by atoms with E-state index in [4.69, 9.17) is 4.98 Å². The molecule has 1 aliphatic rings. The van der Waals surface area contributed by atoms with Gasteiger partial charge in [-0.3, -0.25) is 0 Å². The molecule has 0 aliphatic heterocycles. The Morgan fingerprint density at radius 2 is 1.12 bits per heavy atom. The molecular formula is C47H33N. The van der Waals surface area contributed by atoms with E-state index in [1.165, 1.54) is 65.7 Å². The second-order valence-electron chi connectivity index (χ2n) is 12.7. The van der Waals surface area contributed by atoms with Crippen molar-refractivity contribution in [1.82, 2.24) is 4.98 Å². The normalized spacial score (nSPS) is 13.0. The van der Waals surface area contributed by atoms with Crippen LogP contribution >= 0.6 is 0 Å². The van der Waals surface area contributed by atoms with E-state index in [1.54, 1.807) is 0 Å². The fraction of sp³-hybridized carbons (Fsp3) is 0.0426. The van der Waals surface area contributed by atoms with Gasteiger partial charge < -0.3 is 0 Å². The molecule has 0 amide bonds. The van der Waals surface area contributed by atoms with E-state index in [0.29, 0.717) is 0 Å². The summed E-state index contributed by atoms with van der Waals surface area (Å²) in [4.78, 5) is 5.25. The third-order valence-electron chi connectivity index (χ3n) is 9.71. The highest BCUT2D eigenvalue weighted by atomic mass is 14.7. The minimum absolute atomic E-state index is 0.941. The van der Waals surface area contributed by atoms with Crippen LogP contribution in [0, 0.1) is 0 Å². The van der Waals surface area contributed by atoms with Crippen molar-refractivity contribution in [2.75, 3.05) is 0 Å². The van der Waals surface area contributed by atoms with E-state index in [0.717, 1.165) is 35.0 Å². The first-order valence-corrected chi connectivity index (χ1v) is 16.8. The summed E-state index contributed by atoms with van der Waals surface area (Å²) in [6.45, 7) is 0. The summed E-state index contributed by atoms with van der Waals surface area (Å²) in [5.74, 6) is 0. The standard InChI is InChI=1S/C47H33N/c1-2-12-32(13-3-1)33-22-25-44-38(23-26-45-40-18-8-4-14-34(40)28-35-15-5-9-19-41(35)45)30-39(48-47(44)31-33)24-27-46-42-20-10-6-16-36(42)29-37-17-7-11-21-43(37)46/h1-6,8-16,18-31H,7,17H2/b26-23+,27-24+. The minimum Gasteiger partial charge on any atom is -0.248 e. The van der Waals surface area contributed by atoms with Crippen LogP contribution < -0.4 is 0 Å². The molecule has 0 N–H and O–H groups in total. The molecular weight excluding hydrogens is 579 g/mol. The fourth-order valence-corrected chi connectivity index (χ4v) is 7.36. The molecule has 1 aromatic heterocycles. The first kappa shape index (κ1) is 28.2. The molecule has 1 heterocycles. The van der Waals surface area contributed by atoms with Crippen molar-refractivity contribution in [3.8, 4) is 11.1 Å². The molecule has 48 heavy (non-hydrogen) atoms. The summed E-state index contributed by atoms with van der Waals surface area (Å²) in [5, 5.41) is 8.71. The van der Waals surface area contributed by atoms with Crippen LogP contribution in [0.15, 0.2) is 146 Å². The van der Waals surface area contributed by atoms with Gasteiger partial charge in [0.05, 0.1) is 11.2 Å². The largest absolute Gasteiger partial charge is 0.248 e. The maximum atomic E-state index is 5.25. The molecule has 1 aliphatic carbocycles.